The summed E-state index contributed by atoms with van der Waals surface area (Å²) >= 11 is 0. The Labute approximate surface area is 154 Å². The average Bonchev–Trinajstić information content (AvgIpc) is 3.27. The molecule has 1 unspecified atom stereocenters. The van der Waals surface area contributed by atoms with Gasteiger partial charge in [-0.1, -0.05) is 37.1 Å². The van der Waals surface area contributed by atoms with Crippen molar-refractivity contribution in [2.45, 2.75) is 51.1 Å². The van der Waals surface area contributed by atoms with E-state index in [1.54, 1.807) is 24.3 Å². The molecular formula is C22H24N2O2. The third kappa shape index (κ3) is 3.12. The van der Waals surface area contributed by atoms with Crippen molar-refractivity contribution in [3.63, 3.8) is 0 Å². The van der Waals surface area contributed by atoms with Gasteiger partial charge in [0.05, 0.1) is 0 Å². The number of nitrogens with zero attached hydrogens (tertiary/aromatic N) is 1. The minimum atomic E-state index is -0.0820. The molecule has 1 aliphatic heterocycles. The second-order valence-corrected chi connectivity index (χ2v) is 7.39. The number of nitrogens with one attached hydrogen (secondary N) is 1. The van der Waals surface area contributed by atoms with Gasteiger partial charge in [-0.05, 0) is 56.0 Å². The Morgan fingerprint density at radius 2 is 1.73 bits per heavy atom. The number of fused-ring (bicyclic) bond motifs is 1. The SMILES string of the molecule is CC1Cc2ccccc2N1C(=O)c1cccc(C(=O)NC2CCCC2)c1. The minimum Gasteiger partial charge on any atom is -0.349 e. The first-order valence-electron chi connectivity index (χ1n) is 9.46. The number of hydrogen-bond acceptors (Lipinski definition) is 2. The van der Waals surface area contributed by atoms with Crippen LogP contribution >= 0.6 is 0 Å². The number of carbonyl (C=O) groups excluding carboxylic acids is 2. The van der Waals surface area contributed by atoms with Crippen LogP contribution in [0.1, 0.15) is 58.9 Å². The predicted molar refractivity (Wildman–Crippen MR) is 103 cm³/mol. The first-order chi connectivity index (χ1) is 12.6. The number of carbonyl (C=O) groups is 2. The van der Waals surface area contributed by atoms with Crippen LogP contribution in [0.3, 0.4) is 0 Å². The quantitative estimate of drug-likeness (QED) is 0.913. The Bertz CT molecular complexity index is 840. The summed E-state index contributed by atoms with van der Waals surface area (Å²) in [5.74, 6) is -0.126. The van der Waals surface area contributed by atoms with Crippen LogP contribution in [0.4, 0.5) is 5.69 Å². The molecule has 1 aliphatic carbocycles. The Morgan fingerprint density at radius 1 is 1.00 bits per heavy atom. The molecule has 0 aromatic heterocycles. The Hall–Kier alpha value is -2.62. The van der Waals surface area contributed by atoms with Crippen LogP contribution in [-0.2, 0) is 6.42 Å². The van der Waals surface area contributed by atoms with Crippen LogP contribution in [-0.4, -0.2) is 23.9 Å². The zero-order chi connectivity index (χ0) is 18.1. The Kier molecular flexibility index (Phi) is 4.49. The van der Waals surface area contributed by atoms with Gasteiger partial charge in [0.25, 0.3) is 11.8 Å². The standard InChI is InChI=1S/C22H24N2O2/c1-15-13-16-7-2-5-12-20(16)24(15)22(26)18-9-6-8-17(14-18)21(25)23-19-10-3-4-11-19/h2,5-9,12,14-15,19H,3-4,10-11,13H2,1H3,(H,23,25). The zero-order valence-electron chi connectivity index (χ0n) is 15.1. The molecule has 4 nitrogen and oxygen atoms in total. The molecule has 4 rings (SSSR count). The lowest BCUT2D eigenvalue weighted by Crippen LogP contribution is -2.36. The van der Waals surface area contributed by atoms with E-state index in [0.717, 1.165) is 24.9 Å². The van der Waals surface area contributed by atoms with Gasteiger partial charge in [-0.3, -0.25) is 9.59 Å². The highest BCUT2D eigenvalue weighted by Gasteiger charge is 2.31. The van der Waals surface area contributed by atoms with Crippen LogP contribution in [0.25, 0.3) is 0 Å². The van der Waals surface area contributed by atoms with Crippen LogP contribution in [0, 0.1) is 0 Å². The zero-order valence-corrected chi connectivity index (χ0v) is 15.1. The van der Waals surface area contributed by atoms with E-state index in [0.29, 0.717) is 11.1 Å². The van der Waals surface area contributed by atoms with Gasteiger partial charge in [-0.15, -0.1) is 0 Å². The maximum atomic E-state index is 13.1. The highest BCUT2D eigenvalue weighted by Crippen LogP contribution is 2.33. The summed E-state index contributed by atoms with van der Waals surface area (Å²) in [6, 6.07) is 15.5. The van der Waals surface area contributed by atoms with Gasteiger partial charge in [0.1, 0.15) is 0 Å². The van der Waals surface area contributed by atoms with Gasteiger partial charge in [-0.2, -0.15) is 0 Å². The van der Waals surface area contributed by atoms with Crippen molar-refractivity contribution < 1.29 is 9.59 Å². The van der Waals surface area contributed by atoms with E-state index in [4.69, 9.17) is 0 Å². The van der Waals surface area contributed by atoms with Gasteiger partial charge in [0.15, 0.2) is 0 Å². The summed E-state index contributed by atoms with van der Waals surface area (Å²) in [6.07, 6.45) is 5.31. The summed E-state index contributed by atoms with van der Waals surface area (Å²) in [6.45, 7) is 2.06. The molecule has 26 heavy (non-hydrogen) atoms. The summed E-state index contributed by atoms with van der Waals surface area (Å²) < 4.78 is 0. The van der Waals surface area contributed by atoms with Gasteiger partial charge >= 0.3 is 0 Å². The molecule has 2 aromatic rings. The maximum absolute atomic E-state index is 13.1. The lowest BCUT2D eigenvalue weighted by molar-refractivity contribution is 0.0938. The van der Waals surface area contributed by atoms with Crippen LogP contribution < -0.4 is 10.2 Å². The summed E-state index contributed by atoms with van der Waals surface area (Å²) in [4.78, 5) is 27.5. The third-order valence-corrected chi connectivity index (χ3v) is 5.49. The number of benzene rings is 2. The maximum Gasteiger partial charge on any atom is 0.258 e. The fourth-order valence-corrected chi connectivity index (χ4v) is 4.15. The topological polar surface area (TPSA) is 49.4 Å². The molecule has 0 spiro atoms. The Balaban J connectivity index is 1.56. The van der Waals surface area contributed by atoms with Crippen molar-refractivity contribution in [1.82, 2.24) is 5.32 Å². The molecule has 0 saturated heterocycles. The van der Waals surface area contributed by atoms with Gasteiger partial charge in [0.2, 0.25) is 0 Å². The molecule has 1 saturated carbocycles. The number of rotatable bonds is 3. The molecule has 2 aromatic carbocycles. The van der Waals surface area contributed by atoms with Crippen molar-refractivity contribution in [1.29, 1.82) is 0 Å². The van der Waals surface area contributed by atoms with Gasteiger partial charge in [0, 0.05) is 28.9 Å². The first kappa shape index (κ1) is 16.8. The van der Waals surface area contributed by atoms with Gasteiger partial charge < -0.3 is 10.2 Å². The summed E-state index contributed by atoms with van der Waals surface area (Å²) in [7, 11) is 0. The molecule has 0 radical (unpaired) electrons. The summed E-state index contributed by atoms with van der Waals surface area (Å²) in [5, 5.41) is 3.09. The highest BCUT2D eigenvalue weighted by molar-refractivity contribution is 6.09. The molecule has 134 valence electrons. The second kappa shape index (κ2) is 6.94. The summed E-state index contributed by atoms with van der Waals surface area (Å²) in [5.41, 5.74) is 3.30. The van der Waals surface area contributed by atoms with Crippen LogP contribution in [0.2, 0.25) is 0 Å². The van der Waals surface area contributed by atoms with E-state index in [-0.39, 0.29) is 23.9 Å². The smallest absolute Gasteiger partial charge is 0.258 e. The van der Waals surface area contributed by atoms with Gasteiger partial charge in [-0.25, -0.2) is 0 Å². The minimum absolute atomic E-state index is 0.0435. The molecule has 2 aliphatic rings. The highest BCUT2D eigenvalue weighted by atomic mass is 16.2. The van der Waals surface area contributed by atoms with Crippen LogP contribution in [0.15, 0.2) is 48.5 Å². The lowest BCUT2D eigenvalue weighted by atomic mass is 10.1. The van der Waals surface area contributed by atoms with Crippen molar-refractivity contribution in [2.75, 3.05) is 4.90 Å². The fraction of sp³-hybridized carbons (Fsp3) is 0.364. The molecule has 2 amide bonds. The average molecular weight is 348 g/mol. The molecule has 1 fully saturated rings. The van der Waals surface area contributed by atoms with E-state index >= 15 is 0 Å². The van der Waals surface area contributed by atoms with E-state index in [9.17, 15) is 9.59 Å². The monoisotopic (exact) mass is 348 g/mol. The second-order valence-electron chi connectivity index (χ2n) is 7.39. The molecule has 1 atom stereocenters. The molecule has 1 N–H and O–H groups in total. The van der Waals surface area contributed by atoms with E-state index in [2.05, 4.69) is 18.3 Å². The first-order valence-corrected chi connectivity index (χ1v) is 9.46. The number of anilines is 1. The largest absolute Gasteiger partial charge is 0.349 e. The number of para-hydroxylation sites is 1. The normalized spacial score (nSPS) is 19.4. The van der Waals surface area contributed by atoms with Crippen molar-refractivity contribution in [2.24, 2.45) is 0 Å². The lowest BCUT2D eigenvalue weighted by Gasteiger charge is -2.23. The number of hydrogen-bond donors (Lipinski definition) is 1. The third-order valence-electron chi connectivity index (χ3n) is 5.49. The molecule has 1 heterocycles. The fourth-order valence-electron chi connectivity index (χ4n) is 4.15. The van der Waals surface area contributed by atoms with E-state index in [1.807, 2.05) is 23.1 Å². The van der Waals surface area contributed by atoms with Crippen molar-refractivity contribution in [3.05, 3.63) is 65.2 Å². The van der Waals surface area contributed by atoms with Crippen molar-refractivity contribution >= 4 is 17.5 Å². The Morgan fingerprint density at radius 3 is 2.54 bits per heavy atom. The van der Waals surface area contributed by atoms with Crippen LogP contribution in [0.5, 0.6) is 0 Å². The van der Waals surface area contributed by atoms with E-state index < -0.39 is 0 Å². The predicted octanol–water partition coefficient (Wildman–Crippen LogP) is 3.95. The van der Waals surface area contributed by atoms with E-state index in [1.165, 1.54) is 18.4 Å². The van der Waals surface area contributed by atoms with Crippen molar-refractivity contribution in [3.8, 4) is 0 Å². The molecular weight excluding hydrogens is 324 g/mol. The molecule has 0 bridgehead atoms. The number of amides is 2. The molecule has 4 heteroatoms.